The van der Waals surface area contributed by atoms with Crippen molar-refractivity contribution in [3.63, 3.8) is 0 Å². The number of nitrogens with one attached hydrogen (secondary N) is 1. The van der Waals surface area contributed by atoms with E-state index in [1.165, 1.54) is 5.56 Å². The molecule has 136 valence electrons. The zero-order valence-electron chi connectivity index (χ0n) is 15.0. The maximum atomic E-state index is 12.5. The molecule has 0 heterocycles. The Kier molecular flexibility index (Phi) is 4.90. The van der Waals surface area contributed by atoms with E-state index in [-0.39, 0.29) is 11.9 Å². The van der Waals surface area contributed by atoms with Crippen molar-refractivity contribution in [2.24, 2.45) is 5.73 Å². The quantitative estimate of drug-likeness (QED) is 0.689. The van der Waals surface area contributed by atoms with Crippen molar-refractivity contribution < 1.29 is 9.53 Å². The van der Waals surface area contributed by atoms with Crippen LogP contribution in [0.1, 0.15) is 33.8 Å². The fraction of sp³-hybridized carbons (Fsp3) is 0.174. The van der Waals surface area contributed by atoms with Crippen molar-refractivity contribution in [1.29, 1.82) is 0 Å². The number of carbonyl (C=O) groups excluding carboxylic acids is 1. The summed E-state index contributed by atoms with van der Waals surface area (Å²) in [5, 5.41) is 2.93. The highest BCUT2D eigenvalue weighted by molar-refractivity contribution is 6.04. The summed E-state index contributed by atoms with van der Waals surface area (Å²) >= 11 is 0. The summed E-state index contributed by atoms with van der Waals surface area (Å²) in [5.74, 6) is 0.980. The Hall–Kier alpha value is -3.11. The summed E-state index contributed by atoms with van der Waals surface area (Å²) in [6.45, 7) is 0.469. The third kappa shape index (κ3) is 4.36. The lowest BCUT2D eigenvalue weighted by Gasteiger charge is -2.09. The van der Waals surface area contributed by atoms with Gasteiger partial charge in [0.1, 0.15) is 12.4 Å². The maximum Gasteiger partial charge on any atom is 0.255 e. The molecule has 27 heavy (non-hydrogen) atoms. The molecule has 0 radical (unpaired) electrons. The number of anilines is 1. The van der Waals surface area contributed by atoms with Crippen LogP contribution in [0.4, 0.5) is 5.69 Å². The number of hydrogen-bond donors (Lipinski definition) is 2. The molecule has 0 bridgehead atoms. The van der Waals surface area contributed by atoms with E-state index in [4.69, 9.17) is 10.5 Å². The minimum absolute atomic E-state index is 0.156. The molecule has 1 fully saturated rings. The fourth-order valence-corrected chi connectivity index (χ4v) is 3.08. The Morgan fingerprint density at radius 3 is 2.44 bits per heavy atom. The van der Waals surface area contributed by atoms with Crippen LogP contribution < -0.4 is 15.8 Å². The van der Waals surface area contributed by atoms with Gasteiger partial charge in [0.25, 0.3) is 5.91 Å². The van der Waals surface area contributed by atoms with Gasteiger partial charge in [0.05, 0.1) is 0 Å². The van der Waals surface area contributed by atoms with Crippen LogP contribution in [0.25, 0.3) is 0 Å². The van der Waals surface area contributed by atoms with E-state index in [0.717, 1.165) is 17.7 Å². The summed E-state index contributed by atoms with van der Waals surface area (Å²) in [5.41, 5.74) is 9.54. The zero-order chi connectivity index (χ0) is 18.6. The Labute approximate surface area is 159 Å². The standard InChI is InChI=1S/C23H22N2O2/c24-22-14-21(22)17-9-11-19(12-10-17)25-23(26)18-7-4-8-20(13-18)27-15-16-5-2-1-3-6-16/h1-13,21-22H,14-15,24H2,(H,25,26)/t21-,22+/m0/s1. The van der Waals surface area contributed by atoms with Gasteiger partial charge in [-0.2, -0.15) is 0 Å². The Bertz CT molecular complexity index is 923. The first kappa shape index (κ1) is 17.3. The molecule has 1 aliphatic carbocycles. The molecule has 3 aromatic carbocycles. The van der Waals surface area contributed by atoms with E-state index in [1.807, 2.05) is 66.7 Å². The largest absolute Gasteiger partial charge is 0.489 e. The van der Waals surface area contributed by atoms with E-state index < -0.39 is 0 Å². The normalized spacial score (nSPS) is 18.0. The van der Waals surface area contributed by atoms with Gasteiger partial charge in [0, 0.05) is 23.2 Å². The van der Waals surface area contributed by atoms with E-state index in [9.17, 15) is 4.79 Å². The van der Waals surface area contributed by atoms with Gasteiger partial charge in [0.15, 0.2) is 0 Å². The fourth-order valence-electron chi connectivity index (χ4n) is 3.08. The summed E-state index contributed by atoms with van der Waals surface area (Å²) in [4.78, 5) is 12.5. The number of hydrogen-bond acceptors (Lipinski definition) is 3. The molecule has 0 aromatic heterocycles. The minimum Gasteiger partial charge on any atom is -0.489 e. The van der Waals surface area contributed by atoms with E-state index in [0.29, 0.717) is 23.8 Å². The van der Waals surface area contributed by atoms with Crippen molar-refractivity contribution in [2.75, 3.05) is 5.32 Å². The molecule has 1 saturated carbocycles. The third-order valence-electron chi connectivity index (χ3n) is 4.78. The molecule has 0 unspecified atom stereocenters. The topological polar surface area (TPSA) is 64.3 Å². The maximum absolute atomic E-state index is 12.5. The molecular formula is C23H22N2O2. The highest BCUT2D eigenvalue weighted by Crippen LogP contribution is 2.39. The van der Waals surface area contributed by atoms with Gasteiger partial charge in [-0.3, -0.25) is 4.79 Å². The second-order valence-corrected chi connectivity index (χ2v) is 6.88. The molecular weight excluding hydrogens is 336 g/mol. The van der Waals surface area contributed by atoms with Gasteiger partial charge in [-0.05, 0) is 47.9 Å². The van der Waals surface area contributed by atoms with Crippen LogP contribution in [0.2, 0.25) is 0 Å². The molecule has 4 rings (SSSR count). The van der Waals surface area contributed by atoms with Crippen molar-refractivity contribution in [3.05, 3.63) is 95.6 Å². The summed E-state index contributed by atoms with van der Waals surface area (Å²) in [7, 11) is 0. The van der Waals surface area contributed by atoms with Crippen LogP contribution in [0.3, 0.4) is 0 Å². The van der Waals surface area contributed by atoms with Crippen LogP contribution >= 0.6 is 0 Å². The molecule has 4 nitrogen and oxygen atoms in total. The second kappa shape index (κ2) is 7.64. The first-order valence-corrected chi connectivity index (χ1v) is 9.13. The molecule has 4 heteroatoms. The number of rotatable bonds is 6. The van der Waals surface area contributed by atoms with Crippen LogP contribution in [0.5, 0.6) is 5.75 Å². The van der Waals surface area contributed by atoms with Crippen molar-refractivity contribution in [3.8, 4) is 5.75 Å². The van der Waals surface area contributed by atoms with Gasteiger partial charge in [0.2, 0.25) is 0 Å². The molecule has 0 spiro atoms. The van der Waals surface area contributed by atoms with Gasteiger partial charge < -0.3 is 15.8 Å². The molecule has 3 aromatic rings. The smallest absolute Gasteiger partial charge is 0.255 e. The summed E-state index contributed by atoms with van der Waals surface area (Å²) in [6.07, 6.45) is 1.04. The number of nitrogens with two attached hydrogens (primary N) is 1. The first-order chi connectivity index (χ1) is 13.2. The van der Waals surface area contributed by atoms with Crippen molar-refractivity contribution >= 4 is 11.6 Å². The number of ether oxygens (including phenoxy) is 1. The van der Waals surface area contributed by atoms with E-state index in [2.05, 4.69) is 5.32 Å². The lowest BCUT2D eigenvalue weighted by molar-refractivity contribution is 0.102. The van der Waals surface area contributed by atoms with Crippen LogP contribution in [0, 0.1) is 0 Å². The summed E-state index contributed by atoms with van der Waals surface area (Å²) < 4.78 is 5.80. The van der Waals surface area contributed by atoms with Crippen molar-refractivity contribution in [1.82, 2.24) is 0 Å². The molecule has 2 atom stereocenters. The SMILES string of the molecule is N[C@@H]1C[C@H]1c1ccc(NC(=O)c2cccc(OCc3ccccc3)c2)cc1. The number of carbonyl (C=O) groups is 1. The van der Waals surface area contributed by atoms with Crippen LogP contribution in [-0.4, -0.2) is 11.9 Å². The van der Waals surface area contributed by atoms with Crippen molar-refractivity contribution in [2.45, 2.75) is 25.0 Å². The van der Waals surface area contributed by atoms with Crippen LogP contribution in [0.15, 0.2) is 78.9 Å². The third-order valence-corrected chi connectivity index (χ3v) is 4.78. The lowest BCUT2D eigenvalue weighted by atomic mass is 10.1. The zero-order valence-corrected chi connectivity index (χ0v) is 15.0. The average Bonchev–Trinajstić information content (AvgIpc) is 3.44. The van der Waals surface area contributed by atoms with Gasteiger partial charge in [-0.1, -0.05) is 48.5 Å². The van der Waals surface area contributed by atoms with E-state index in [1.54, 1.807) is 12.1 Å². The predicted octanol–water partition coefficient (Wildman–Crippen LogP) is 4.33. The highest BCUT2D eigenvalue weighted by Gasteiger charge is 2.34. The molecule has 1 aliphatic rings. The monoisotopic (exact) mass is 358 g/mol. The predicted molar refractivity (Wildman–Crippen MR) is 107 cm³/mol. The lowest BCUT2D eigenvalue weighted by Crippen LogP contribution is -2.12. The number of benzene rings is 3. The number of amides is 1. The van der Waals surface area contributed by atoms with Gasteiger partial charge in [-0.15, -0.1) is 0 Å². The average molecular weight is 358 g/mol. The Morgan fingerprint density at radius 2 is 1.74 bits per heavy atom. The Morgan fingerprint density at radius 1 is 1.00 bits per heavy atom. The second-order valence-electron chi connectivity index (χ2n) is 6.88. The minimum atomic E-state index is -0.156. The first-order valence-electron chi connectivity index (χ1n) is 9.13. The van der Waals surface area contributed by atoms with Gasteiger partial charge >= 0.3 is 0 Å². The van der Waals surface area contributed by atoms with E-state index >= 15 is 0 Å². The highest BCUT2D eigenvalue weighted by atomic mass is 16.5. The van der Waals surface area contributed by atoms with Gasteiger partial charge in [-0.25, -0.2) is 0 Å². The molecule has 0 saturated heterocycles. The van der Waals surface area contributed by atoms with Crippen LogP contribution in [-0.2, 0) is 6.61 Å². The molecule has 1 amide bonds. The summed E-state index contributed by atoms with van der Waals surface area (Å²) in [6, 6.07) is 25.4. The Balaban J connectivity index is 1.38. The molecule has 3 N–H and O–H groups in total. The molecule has 0 aliphatic heterocycles.